The van der Waals surface area contributed by atoms with Crippen molar-refractivity contribution < 1.29 is 26.4 Å². The van der Waals surface area contributed by atoms with Crippen molar-refractivity contribution in [2.75, 3.05) is 18.8 Å². The normalized spacial score (nSPS) is 17.3. The third kappa shape index (κ3) is 3.85. The summed E-state index contributed by atoms with van der Waals surface area (Å²) in [7, 11) is -3.18. The number of carbonyl (C=O) groups excluding carboxylic acids is 1. The van der Waals surface area contributed by atoms with Crippen LogP contribution in [0.4, 0.5) is 13.2 Å². The number of carbonyl (C=O) groups is 1. The first kappa shape index (κ1) is 17.8. The standard InChI is InChI=1S/C15H18F3NO3S/c1-2-23(21,22)11-7-9-19(10-8-11)14(20)12-5-3-4-6-13(12)15(16,17)18/h3-6,11H,2,7-10H2,1H3. The van der Waals surface area contributed by atoms with Gasteiger partial charge in [0.2, 0.25) is 0 Å². The van der Waals surface area contributed by atoms with Crippen LogP contribution in [0.15, 0.2) is 24.3 Å². The molecule has 1 aliphatic rings. The quantitative estimate of drug-likeness (QED) is 0.843. The summed E-state index contributed by atoms with van der Waals surface area (Å²) in [5.74, 6) is -0.673. The number of sulfone groups is 1. The van der Waals surface area contributed by atoms with Crippen molar-refractivity contribution in [2.24, 2.45) is 0 Å². The van der Waals surface area contributed by atoms with Crippen LogP contribution in [0.1, 0.15) is 35.7 Å². The maximum Gasteiger partial charge on any atom is 0.417 e. The van der Waals surface area contributed by atoms with Crippen LogP contribution >= 0.6 is 0 Å². The molecule has 0 unspecified atom stereocenters. The van der Waals surface area contributed by atoms with E-state index in [1.54, 1.807) is 6.92 Å². The van der Waals surface area contributed by atoms with Gasteiger partial charge in [0.25, 0.3) is 5.91 Å². The summed E-state index contributed by atoms with van der Waals surface area (Å²) in [6.45, 7) is 1.86. The van der Waals surface area contributed by atoms with Gasteiger partial charge in [0.05, 0.1) is 16.4 Å². The Morgan fingerprint density at radius 1 is 1.22 bits per heavy atom. The molecule has 8 heteroatoms. The molecule has 0 aromatic heterocycles. The van der Waals surface area contributed by atoms with Gasteiger partial charge in [-0.1, -0.05) is 19.1 Å². The number of likely N-dealkylation sites (tertiary alicyclic amines) is 1. The largest absolute Gasteiger partial charge is 0.417 e. The highest BCUT2D eigenvalue weighted by molar-refractivity contribution is 7.92. The first-order valence-electron chi connectivity index (χ1n) is 7.34. The van der Waals surface area contributed by atoms with Crippen LogP contribution in [0.2, 0.25) is 0 Å². The molecule has 0 bridgehead atoms. The predicted molar refractivity (Wildman–Crippen MR) is 79.8 cm³/mol. The first-order chi connectivity index (χ1) is 10.7. The van der Waals surface area contributed by atoms with Crippen molar-refractivity contribution in [2.45, 2.75) is 31.2 Å². The first-order valence-corrected chi connectivity index (χ1v) is 9.05. The molecular formula is C15H18F3NO3S. The van der Waals surface area contributed by atoms with Gasteiger partial charge in [0, 0.05) is 18.8 Å². The Morgan fingerprint density at radius 3 is 2.30 bits per heavy atom. The van der Waals surface area contributed by atoms with Crippen molar-refractivity contribution in [3.05, 3.63) is 35.4 Å². The lowest BCUT2D eigenvalue weighted by Gasteiger charge is -2.32. The number of benzene rings is 1. The second-order valence-electron chi connectivity index (χ2n) is 5.49. The lowest BCUT2D eigenvalue weighted by Crippen LogP contribution is -2.43. The van der Waals surface area contributed by atoms with E-state index >= 15 is 0 Å². The number of hydrogen-bond donors (Lipinski definition) is 0. The Balaban J connectivity index is 2.16. The fourth-order valence-electron chi connectivity index (χ4n) is 2.74. The van der Waals surface area contributed by atoms with Crippen molar-refractivity contribution in [1.82, 2.24) is 4.90 Å². The molecule has 0 radical (unpaired) electrons. The molecule has 23 heavy (non-hydrogen) atoms. The van der Waals surface area contributed by atoms with E-state index in [0.29, 0.717) is 0 Å². The average Bonchev–Trinajstić information content (AvgIpc) is 2.53. The summed E-state index contributed by atoms with van der Waals surface area (Å²) in [5.41, 5.74) is -1.36. The van der Waals surface area contributed by atoms with Crippen molar-refractivity contribution in [3.8, 4) is 0 Å². The highest BCUT2D eigenvalue weighted by atomic mass is 32.2. The van der Waals surface area contributed by atoms with Gasteiger partial charge >= 0.3 is 6.18 Å². The second kappa shape index (κ2) is 6.51. The molecule has 128 valence electrons. The van der Waals surface area contributed by atoms with E-state index < -0.39 is 38.3 Å². The molecular weight excluding hydrogens is 331 g/mol. The van der Waals surface area contributed by atoms with Crippen LogP contribution in [0, 0.1) is 0 Å². The Morgan fingerprint density at radius 2 is 1.78 bits per heavy atom. The molecule has 1 amide bonds. The van der Waals surface area contributed by atoms with Gasteiger partial charge < -0.3 is 4.90 Å². The molecule has 0 atom stereocenters. The Hall–Kier alpha value is -1.57. The third-order valence-corrected chi connectivity index (χ3v) is 6.39. The van der Waals surface area contributed by atoms with Gasteiger partial charge in [-0.25, -0.2) is 8.42 Å². The number of halogens is 3. The molecule has 2 rings (SSSR count). The van der Waals surface area contributed by atoms with Gasteiger partial charge in [-0.3, -0.25) is 4.79 Å². The number of piperidine rings is 1. The van der Waals surface area contributed by atoms with Crippen LogP contribution in [0.25, 0.3) is 0 Å². The van der Waals surface area contributed by atoms with Crippen LogP contribution in [0.3, 0.4) is 0 Å². The van der Waals surface area contributed by atoms with Gasteiger partial charge in [-0.2, -0.15) is 13.2 Å². The molecule has 0 saturated carbocycles. The maximum absolute atomic E-state index is 13.0. The predicted octanol–water partition coefficient (Wildman–Crippen LogP) is 2.74. The fourth-order valence-corrected chi connectivity index (χ4v) is 4.14. The number of rotatable bonds is 3. The minimum atomic E-state index is -4.60. The number of amides is 1. The minimum Gasteiger partial charge on any atom is -0.339 e. The molecule has 0 spiro atoms. The summed E-state index contributed by atoms with van der Waals surface area (Å²) >= 11 is 0. The lowest BCUT2D eigenvalue weighted by molar-refractivity contribution is -0.138. The molecule has 1 aliphatic heterocycles. The number of alkyl halides is 3. The molecule has 1 saturated heterocycles. The van der Waals surface area contributed by atoms with Crippen molar-refractivity contribution >= 4 is 15.7 Å². The number of nitrogens with zero attached hydrogens (tertiary/aromatic N) is 1. The summed E-state index contributed by atoms with van der Waals surface area (Å²) in [5, 5.41) is -0.519. The van der Waals surface area contributed by atoms with E-state index in [9.17, 15) is 26.4 Å². The molecule has 1 aromatic rings. The highest BCUT2D eigenvalue weighted by Crippen LogP contribution is 2.33. The molecule has 1 fully saturated rings. The van der Waals surface area contributed by atoms with Gasteiger partial charge in [0.1, 0.15) is 0 Å². The van der Waals surface area contributed by atoms with Crippen molar-refractivity contribution in [3.63, 3.8) is 0 Å². The summed E-state index contributed by atoms with van der Waals surface area (Å²) in [6, 6.07) is 4.65. The van der Waals surface area contributed by atoms with Crippen LogP contribution in [-0.2, 0) is 16.0 Å². The zero-order valence-electron chi connectivity index (χ0n) is 12.6. The van der Waals surface area contributed by atoms with E-state index in [1.165, 1.54) is 17.0 Å². The molecule has 1 heterocycles. The summed E-state index contributed by atoms with van der Waals surface area (Å²) in [4.78, 5) is 13.7. The van der Waals surface area contributed by atoms with Crippen molar-refractivity contribution in [1.29, 1.82) is 0 Å². The van der Waals surface area contributed by atoms with E-state index in [1.807, 2.05) is 0 Å². The van der Waals surface area contributed by atoms with Gasteiger partial charge in [-0.15, -0.1) is 0 Å². The summed E-state index contributed by atoms with van der Waals surface area (Å²) < 4.78 is 62.6. The van der Waals surface area contributed by atoms with Crippen LogP contribution in [-0.4, -0.2) is 43.3 Å². The van der Waals surface area contributed by atoms with E-state index in [0.717, 1.165) is 12.1 Å². The van der Waals surface area contributed by atoms with E-state index in [4.69, 9.17) is 0 Å². The number of hydrogen-bond acceptors (Lipinski definition) is 3. The lowest BCUT2D eigenvalue weighted by atomic mass is 10.0. The minimum absolute atomic E-state index is 0.0303. The zero-order valence-corrected chi connectivity index (χ0v) is 13.5. The Kier molecular flexibility index (Phi) is 5.03. The topological polar surface area (TPSA) is 54.5 Å². The molecule has 0 aliphatic carbocycles. The Bertz CT molecular complexity index is 677. The smallest absolute Gasteiger partial charge is 0.339 e. The zero-order chi connectivity index (χ0) is 17.3. The SMILES string of the molecule is CCS(=O)(=O)C1CCN(C(=O)c2ccccc2C(F)(F)F)CC1. The monoisotopic (exact) mass is 349 g/mol. The highest BCUT2D eigenvalue weighted by Gasteiger charge is 2.37. The maximum atomic E-state index is 13.0. The summed E-state index contributed by atoms with van der Waals surface area (Å²) in [6.07, 6.45) is -4.08. The molecule has 4 nitrogen and oxygen atoms in total. The van der Waals surface area contributed by atoms with Crippen LogP contribution < -0.4 is 0 Å². The fraction of sp³-hybridized carbons (Fsp3) is 0.533. The molecule has 0 N–H and O–H groups in total. The average molecular weight is 349 g/mol. The Labute approximate surface area is 133 Å². The van der Waals surface area contributed by atoms with Gasteiger partial charge in [0.15, 0.2) is 9.84 Å². The van der Waals surface area contributed by atoms with Gasteiger partial charge in [-0.05, 0) is 25.0 Å². The van der Waals surface area contributed by atoms with Crippen LogP contribution in [0.5, 0.6) is 0 Å². The second-order valence-corrected chi connectivity index (χ2v) is 8.06. The van der Waals surface area contributed by atoms with E-state index in [-0.39, 0.29) is 31.7 Å². The molecule has 1 aromatic carbocycles. The van der Waals surface area contributed by atoms with E-state index in [2.05, 4.69) is 0 Å². The third-order valence-electron chi connectivity index (χ3n) is 4.10.